The Morgan fingerprint density at radius 3 is 2.94 bits per heavy atom. The number of nitrogens with one attached hydrogen (secondary N) is 2. The highest BCUT2D eigenvalue weighted by Crippen LogP contribution is 2.29. The second kappa shape index (κ2) is 8.99. The lowest BCUT2D eigenvalue weighted by Gasteiger charge is -2.35. The number of rotatable bonds is 6. The standard InChI is InChI=1S/C23H25FN8O/c1-15-9-17(3-5-25-15)21-19(33-2)10-16(11-26-21)12-27-22-20(24)23(29-14-28-22)31-7-8-32-18(13-31)4-6-30-32/h3-5,9-11,14,30H,6-8,12-13H2,1-2H3,(H,27,28,29). The number of nitrogens with zero attached hydrogens (tertiary/aromatic N) is 6. The Kier molecular flexibility index (Phi) is 5.74. The predicted octanol–water partition coefficient (Wildman–Crippen LogP) is 2.53. The molecule has 0 radical (unpaired) electrons. The monoisotopic (exact) mass is 448 g/mol. The molecule has 5 rings (SSSR count). The number of hydrogen-bond acceptors (Lipinski definition) is 9. The van der Waals surface area contributed by atoms with Crippen LogP contribution in [0.2, 0.25) is 0 Å². The molecular weight excluding hydrogens is 423 g/mol. The Morgan fingerprint density at radius 1 is 1.18 bits per heavy atom. The Morgan fingerprint density at radius 2 is 2.09 bits per heavy atom. The highest BCUT2D eigenvalue weighted by Gasteiger charge is 2.27. The molecule has 1 fully saturated rings. The molecule has 3 aromatic rings. The third kappa shape index (κ3) is 4.29. The number of fused-ring (bicyclic) bond motifs is 1. The van der Waals surface area contributed by atoms with E-state index in [1.54, 1.807) is 19.5 Å². The number of aromatic nitrogens is 4. The molecule has 2 N–H and O–H groups in total. The highest BCUT2D eigenvalue weighted by molar-refractivity contribution is 5.66. The zero-order valence-electron chi connectivity index (χ0n) is 18.5. The first kappa shape index (κ1) is 21.1. The van der Waals surface area contributed by atoms with Crippen LogP contribution in [0.25, 0.3) is 11.3 Å². The Labute approximate surface area is 191 Å². The van der Waals surface area contributed by atoms with E-state index in [0.717, 1.165) is 41.3 Å². The molecule has 3 aromatic heterocycles. The summed E-state index contributed by atoms with van der Waals surface area (Å²) < 4.78 is 20.8. The van der Waals surface area contributed by atoms with Gasteiger partial charge in [-0.25, -0.2) is 15.4 Å². The molecule has 0 aromatic carbocycles. The summed E-state index contributed by atoms with van der Waals surface area (Å²) in [6.45, 7) is 5.13. The lowest BCUT2D eigenvalue weighted by Crippen LogP contribution is -2.47. The van der Waals surface area contributed by atoms with Crippen LogP contribution in [0.4, 0.5) is 16.0 Å². The van der Waals surface area contributed by atoms with E-state index in [1.807, 2.05) is 30.0 Å². The van der Waals surface area contributed by atoms with E-state index in [9.17, 15) is 0 Å². The van der Waals surface area contributed by atoms with Crippen LogP contribution in [0.1, 0.15) is 11.3 Å². The normalized spacial score (nSPS) is 15.3. The third-order valence-corrected chi connectivity index (χ3v) is 5.74. The maximum atomic E-state index is 15.2. The Hall–Kier alpha value is -3.79. The number of anilines is 2. The number of halogens is 1. The molecule has 170 valence electrons. The fourth-order valence-corrected chi connectivity index (χ4v) is 4.07. The summed E-state index contributed by atoms with van der Waals surface area (Å²) in [5, 5.41) is 5.18. The molecule has 0 atom stereocenters. The third-order valence-electron chi connectivity index (χ3n) is 5.74. The minimum absolute atomic E-state index is 0.161. The number of pyridine rings is 2. The SMILES string of the molecule is COc1cc(CNc2ncnc(N3CCN4NCC=C4C3)c2F)cnc1-c1ccnc(C)c1. The average molecular weight is 449 g/mol. The van der Waals surface area contributed by atoms with Gasteiger partial charge in [0.2, 0.25) is 5.82 Å². The number of piperazine rings is 1. The zero-order valence-corrected chi connectivity index (χ0v) is 18.5. The van der Waals surface area contributed by atoms with E-state index in [0.29, 0.717) is 31.2 Å². The van der Waals surface area contributed by atoms with Gasteiger partial charge >= 0.3 is 0 Å². The van der Waals surface area contributed by atoms with E-state index >= 15 is 4.39 Å². The minimum atomic E-state index is -0.457. The molecule has 0 aliphatic carbocycles. The van der Waals surface area contributed by atoms with Crippen molar-refractivity contribution in [2.24, 2.45) is 0 Å². The average Bonchev–Trinajstić information content (AvgIpc) is 3.31. The minimum Gasteiger partial charge on any atom is -0.494 e. The number of aryl methyl sites for hydroxylation is 1. The van der Waals surface area contributed by atoms with E-state index in [1.165, 1.54) is 6.33 Å². The molecule has 9 nitrogen and oxygen atoms in total. The first-order valence-electron chi connectivity index (χ1n) is 10.8. The van der Waals surface area contributed by atoms with Crippen molar-refractivity contribution >= 4 is 11.6 Å². The molecule has 0 spiro atoms. The van der Waals surface area contributed by atoms with Gasteiger partial charge in [-0.15, -0.1) is 0 Å². The fraction of sp³-hybridized carbons (Fsp3) is 0.304. The van der Waals surface area contributed by atoms with E-state index in [2.05, 4.69) is 41.8 Å². The molecule has 2 aliphatic heterocycles. The van der Waals surface area contributed by atoms with E-state index in [-0.39, 0.29) is 5.82 Å². The van der Waals surface area contributed by atoms with Crippen LogP contribution in [-0.4, -0.2) is 58.2 Å². The van der Waals surface area contributed by atoms with Crippen molar-refractivity contribution in [1.82, 2.24) is 30.4 Å². The topological polar surface area (TPSA) is 91.3 Å². The van der Waals surface area contributed by atoms with Crippen molar-refractivity contribution in [3.8, 4) is 17.0 Å². The highest BCUT2D eigenvalue weighted by atomic mass is 19.1. The first-order chi connectivity index (χ1) is 16.1. The molecular formula is C23H25FN8O. The van der Waals surface area contributed by atoms with Crippen LogP contribution < -0.4 is 20.4 Å². The summed E-state index contributed by atoms with van der Waals surface area (Å²) in [4.78, 5) is 19.1. The summed E-state index contributed by atoms with van der Waals surface area (Å²) in [7, 11) is 1.61. The smallest absolute Gasteiger partial charge is 0.207 e. The van der Waals surface area contributed by atoms with Crippen LogP contribution in [0.15, 0.2) is 48.7 Å². The van der Waals surface area contributed by atoms with Gasteiger partial charge in [-0.2, -0.15) is 4.39 Å². The molecule has 2 aliphatic rings. The molecule has 0 bridgehead atoms. The predicted molar refractivity (Wildman–Crippen MR) is 123 cm³/mol. The van der Waals surface area contributed by atoms with Crippen LogP contribution in [0.5, 0.6) is 5.75 Å². The van der Waals surface area contributed by atoms with Crippen molar-refractivity contribution < 1.29 is 9.13 Å². The summed E-state index contributed by atoms with van der Waals surface area (Å²) >= 11 is 0. The van der Waals surface area contributed by atoms with Crippen LogP contribution in [0.3, 0.4) is 0 Å². The lowest BCUT2D eigenvalue weighted by atomic mass is 10.1. The number of hydrogen-bond donors (Lipinski definition) is 2. The largest absolute Gasteiger partial charge is 0.494 e. The Balaban J connectivity index is 1.32. The van der Waals surface area contributed by atoms with Gasteiger partial charge < -0.3 is 20.0 Å². The summed E-state index contributed by atoms with van der Waals surface area (Å²) in [5.41, 5.74) is 7.82. The van der Waals surface area contributed by atoms with Crippen molar-refractivity contribution in [3.63, 3.8) is 0 Å². The summed E-state index contributed by atoms with van der Waals surface area (Å²) in [6.07, 6.45) is 7.00. The van der Waals surface area contributed by atoms with Crippen molar-refractivity contribution in [1.29, 1.82) is 0 Å². The van der Waals surface area contributed by atoms with Gasteiger partial charge in [0.15, 0.2) is 11.6 Å². The fourth-order valence-electron chi connectivity index (χ4n) is 4.07. The maximum absolute atomic E-state index is 15.2. The molecule has 10 heteroatoms. The van der Waals surface area contributed by atoms with Crippen molar-refractivity contribution in [3.05, 3.63) is 65.8 Å². The molecule has 0 amide bonds. The van der Waals surface area contributed by atoms with Gasteiger partial charge in [0.05, 0.1) is 20.2 Å². The molecule has 0 saturated carbocycles. The summed E-state index contributed by atoms with van der Waals surface area (Å²) in [5.74, 6) is 0.647. The molecule has 0 unspecified atom stereocenters. The zero-order chi connectivity index (χ0) is 22.8. The second-order valence-corrected chi connectivity index (χ2v) is 7.92. The van der Waals surface area contributed by atoms with Gasteiger partial charge in [0, 0.05) is 49.0 Å². The van der Waals surface area contributed by atoms with Crippen molar-refractivity contribution in [2.45, 2.75) is 13.5 Å². The van der Waals surface area contributed by atoms with E-state index < -0.39 is 5.82 Å². The maximum Gasteiger partial charge on any atom is 0.207 e. The lowest BCUT2D eigenvalue weighted by molar-refractivity contribution is 0.262. The van der Waals surface area contributed by atoms with E-state index in [4.69, 9.17) is 4.74 Å². The van der Waals surface area contributed by atoms with Gasteiger partial charge in [0.1, 0.15) is 17.8 Å². The van der Waals surface area contributed by atoms with Crippen LogP contribution in [0, 0.1) is 12.7 Å². The number of ether oxygens (including phenoxy) is 1. The van der Waals surface area contributed by atoms with Gasteiger partial charge in [-0.1, -0.05) is 0 Å². The molecule has 5 heterocycles. The molecule has 1 saturated heterocycles. The van der Waals surface area contributed by atoms with Crippen molar-refractivity contribution in [2.75, 3.05) is 43.5 Å². The van der Waals surface area contributed by atoms with Gasteiger partial charge in [0.25, 0.3) is 0 Å². The van der Waals surface area contributed by atoms with Gasteiger partial charge in [-0.05, 0) is 36.8 Å². The van der Waals surface area contributed by atoms with Crippen LogP contribution in [-0.2, 0) is 6.54 Å². The van der Waals surface area contributed by atoms with Crippen LogP contribution >= 0.6 is 0 Å². The van der Waals surface area contributed by atoms with Gasteiger partial charge in [-0.3, -0.25) is 9.97 Å². The second-order valence-electron chi connectivity index (χ2n) is 7.92. The number of hydrazine groups is 1. The Bertz CT molecular complexity index is 1200. The summed E-state index contributed by atoms with van der Waals surface area (Å²) in [6, 6.07) is 5.74. The quantitative estimate of drug-likeness (QED) is 0.590. The molecule has 33 heavy (non-hydrogen) atoms. The first-order valence-corrected chi connectivity index (χ1v) is 10.8. The number of methoxy groups -OCH3 is 1.